The maximum absolute atomic E-state index is 13.1. The Hall–Kier alpha value is -2.55. The molecule has 0 aliphatic carbocycles. The zero-order chi connectivity index (χ0) is 16.3. The third kappa shape index (κ3) is 2.01. The van der Waals surface area contributed by atoms with Crippen LogP contribution in [0.15, 0.2) is 24.3 Å². The molecule has 0 radical (unpaired) electrons. The predicted octanol–water partition coefficient (Wildman–Crippen LogP) is 1.67. The fraction of sp³-hybridized carbons (Fsp3) is 0.333. The van der Waals surface area contributed by atoms with Crippen molar-refractivity contribution < 1.29 is 4.39 Å². The molecule has 0 spiro atoms. The molecule has 7 nitrogen and oxygen atoms in total. The predicted molar refractivity (Wildman–Crippen MR) is 90.7 cm³/mol. The molecule has 2 atom stereocenters. The first-order chi connectivity index (χ1) is 11.7. The van der Waals surface area contributed by atoms with Crippen LogP contribution in [0, 0.1) is 5.82 Å². The number of hydrogen-bond acceptors (Lipinski definition) is 8. The minimum absolute atomic E-state index is 0.209. The molecule has 2 saturated heterocycles. The number of piperazine rings is 1. The highest BCUT2D eigenvalue weighted by Gasteiger charge is 2.44. The average Bonchev–Trinajstić information content (AvgIpc) is 3.29. The van der Waals surface area contributed by atoms with Gasteiger partial charge in [0, 0.05) is 24.8 Å². The SMILES string of the molecule is Nc1nc(N2C[C@@H]3C[C@H]2CN3c2ccc(F)cc2)c2nsnc2n1. The van der Waals surface area contributed by atoms with E-state index in [0.29, 0.717) is 17.7 Å². The number of nitrogen functional groups attached to an aromatic ring is 1. The summed E-state index contributed by atoms with van der Waals surface area (Å²) in [5.41, 5.74) is 8.16. The summed E-state index contributed by atoms with van der Waals surface area (Å²) in [6.07, 6.45) is 1.04. The van der Waals surface area contributed by atoms with Crippen LogP contribution in [0.5, 0.6) is 0 Å². The van der Waals surface area contributed by atoms with E-state index in [0.717, 1.165) is 48.3 Å². The molecule has 9 heteroatoms. The first-order valence-corrected chi connectivity index (χ1v) is 8.47. The third-order valence-electron chi connectivity index (χ3n) is 4.79. The molecule has 1 aromatic carbocycles. The minimum Gasteiger partial charge on any atom is -0.368 e. The van der Waals surface area contributed by atoms with Crippen molar-refractivity contribution in [1.82, 2.24) is 18.7 Å². The lowest BCUT2D eigenvalue weighted by Crippen LogP contribution is -2.47. The van der Waals surface area contributed by atoms with E-state index >= 15 is 0 Å². The van der Waals surface area contributed by atoms with Gasteiger partial charge in [-0.3, -0.25) is 0 Å². The van der Waals surface area contributed by atoms with Crippen LogP contribution in [0.4, 0.5) is 21.8 Å². The van der Waals surface area contributed by atoms with Crippen LogP contribution in [0.1, 0.15) is 6.42 Å². The Kier molecular flexibility index (Phi) is 2.87. The van der Waals surface area contributed by atoms with Gasteiger partial charge in [-0.1, -0.05) is 0 Å². The van der Waals surface area contributed by atoms with E-state index in [1.165, 1.54) is 12.1 Å². The molecule has 4 heterocycles. The maximum Gasteiger partial charge on any atom is 0.224 e. The molecule has 2 bridgehead atoms. The van der Waals surface area contributed by atoms with Crippen molar-refractivity contribution in [3.63, 3.8) is 0 Å². The zero-order valence-corrected chi connectivity index (χ0v) is 13.4. The minimum atomic E-state index is -0.209. The largest absolute Gasteiger partial charge is 0.368 e. The number of aromatic nitrogens is 4. The number of nitrogens with zero attached hydrogens (tertiary/aromatic N) is 6. The molecule has 24 heavy (non-hydrogen) atoms. The molecule has 122 valence electrons. The quantitative estimate of drug-likeness (QED) is 0.757. The van der Waals surface area contributed by atoms with Crippen LogP contribution < -0.4 is 15.5 Å². The first kappa shape index (κ1) is 13.8. The molecule has 2 N–H and O–H groups in total. The van der Waals surface area contributed by atoms with E-state index in [4.69, 9.17) is 5.73 Å². The normalized spacial score (nSPS) is 22.7. The van der Waals surface area contributed by atoms with Gasteiger partial charge in [-0.2, -0.15) is 18.7 Å². The summed E-state index contributed by atoms with van der Waals surface area (Å²) in [7, 11) is 0. The standard InChI is InChI=1S/C15H14FN7S/c16-8-1-3-9(4-2-8)22-6-11-5-10(22)7-23(11)14-12-13(21-24-20-12)18-15(17)19-14/h1-4,10-11H,5-7H2,(H2,17,18,21)/t10-,11-/m0/s1. The van der Waals surface area contributed by atoms with Gasteiger partial charge in [0.1, 0.15) is 5.82 Å². The molecule has 2 aliphatic heterocycles. The van der Waals surface area contributed by atoms with E-state index in [9.17, 15) is 4.39 Å². The lowest BCUT2D eigenvalue weighted by molar-refractivity contribution is 0.623. The molecule has 0 unspecified atom stereocenters. The maximum atomic E-state index is 13.1. The summed E-state index contributed by atoms with van der Waals surface area (Å²) in [5.74, 6) is 0.792. The Balaban J connectivity index is 1.46. The van der Waals surface area contributed by atoms with Crippen molar-refractivity contribution in [3.05, 3.63) is 30.1 Å². The lowest BCUT2D eigenvalue weighted by atomic mass is 10.2. The fourth-order valence-corrected chi connectivity index (χ4v) is 4.26. The summed E-state index contributed by atoms with van der Waals surface area (Å²) in [4.78, 5) is 13.1. The second kappa shape index (κ2) is 4.97. The van der Waals surface area contributed by atoms with Gasteiger partial charge in [-0.25, -0.2) is 4.39 Å². The highest BCUT2D eigenvalue weighted by Crippen LogP contribution is 2.38. The molecule has 0 saturated carbocycles. The zero-order valence-electron chi connectivity index (χ0n) is 12.6. The van der Waals surface area contributed by atoms with E-state index in [1.807, 2.05) is 12.1 Å². The van der Waals surface area contributed by atoms with Crippen LogP contribution in [0.3, 0.4) is 0 Å². The van der Waals surface area contributed by atoms with Gasteiger partial charge < -0.3 is 15.5 Å². The molecule has 2 fully saturated rings. The van der Waals surface area contributed by atoms with Crippen molar-refractivity contribution in [1.29, 1.82) is 0 Å². The van der Waals surface area contributed by atoms with Crippen molar-refractivity contribution in [2.45, 2.75) is 18.5 Å². The molecule has 5 rings (SSSR count). The van der Waals surface area contributed by atoms with E-state index < -0.39 is 0 Å². The number of nitrogens with two attached hydrogens (primary N) is 1. The second-order valence-corrected chi connectivity index (χ2v) is 6.69. The average molecular weight is 343 g/mol. The molecule has 0 amide bonds. The number of hydrogen-bond donors (Lipinski definition) is 1. The van der Waals surface area contributed by atoms with Crippen molar-refractivity contribution in [2.75, 3.05) is 28.6 Å². The van der Waals surface area contributed by atoms with Crippen LogP contribution in [-0.2, 0) is 0 Å². The summed E-state index contributed by atoms with van der Waals surface area (Å²) in [5, 5.41) is 0. The Morgan fingerprint density at radius 2 is 1.79 bits per heavy atom. The van der Waals surface area contributed by atoms with Gasteiger partial charge in [0.25, 0.3) is 0 Å². The molecule has 2 aromatic heterocycles. The first-order valence-electron chi connectivity index (χ1n) is 7.73. The molecule has 3 aromatic rings. The number of benzene rings is 1. The lowest BCUT2D eigenvalue weighted by Gasteiger charge is -2.36. The van der Waals surface area contributed by atoms with Gasteiger partial charge in [0.2, 0.25) is 11.6 Å². The van der Waals surface area contributed by atoms with E-state index in [1.54, 1.807) is 0 Å². The number of anilines is 3. The van der Waals surface area contributed by atoms with Gasteiger partial charge in [0.15, 0.2) is 11.3 Å². The van der Waals surface area contributed by atoms with Crippen molar-refractivity contribution in [2.24, 2.45) is 0 Å². The summed E-state index contributed by atoms with van der Waals surface area (Å²) in [6, 6.07) is 7.40. The summed E-state index contributed by atoms with van der Waals surface area (Å²) < 4.78 is 21.6. The Bertz CT molecular complexity index is 912. The third-order valence-corrected chi connectivity index (χ3v) is 5.31. The fourth-order valence-electron chi connectivity index (χ4n) is 3.77. The number of halogens is 1. The second-order valence-electron chi connectivity index (χ2n) is 6.17. The van der Waals surface area contributed by atoms with Crippen LogP contribution in [0.2, 0.25) is 0 Å². The van der Waals surface area contributed by atoms with Crippen LogP contribution in [-0.4, -0.2) is 43.9 Å². The van der Waals surface area contributed by atoms with Crippen LogP contribution in [0.25, 0.3) is 11.2 Å². The monoisotopic (exact) mass is 343 g/mol. The van der Waals surface area contributed by atoms with Crippen LogP contribution >= 0.6 is 11.7 Å². The highest BCUT2D eigenvalue weighted by atomic mass is 32.1. The number of fused-ring (bicyclic) bond motifs is 3. The van der Waals surface area contributed by atoms with Gasteiger partial charge in [0.05, 0.1) is 17.8 Å². The number of rotatable bonds is 2. The Labute approximate surface area is 141 Å². The molecular formula is C15H14FN7S. The van der Waals surface area contributed by atoms with E-state index in [-0.39, 0.29) is 11.8 Å². The van der Waals surface area contributed by atoms with Crippen molar-refractivity contribution in [3.8, 4) is 0 Å². The van der Waals surface area contributed by atoms with Gasteiger partial charge in [-0.15, -0.1) is 0 Å². The smallest absolute Gasteiger partial charge is 0.224 e. The van der Waals surface area contributed by atoms with Gasteiger partial charge >= 0.3 is 0 Å². The summed E-state index contributed by atoms with van der Waals surface area (Å²) in [6.45, 7) is 1.71. The van der Waals surface area contributed by atoms with Gasteiger partial charge in [-0.05, 0) is 30.7 Å². The topological polar surface area (TPSA) is 84.1 Å². The molecular weight excluding hydrogens is 329 g/mol. The van der Waals surface area contributed by atoms with Crippen molar-refractivity contribution >= 4 is 40.3 Å². The molecule has 2 aliphatic rings. The Morgan fingerprint density at radius 3 is 2.54 bits per heavy atom. The summed E-state index contributed by atoms with van der Waals surface area (Å²) >= 11 is 1.12. The Morgan fingerprint density at radius 1 is 1.04 bits per heavy atom. The highest BCUT2D eigenvalue weighted by molar-refractivity contribution is 7.00. The van der Waals surface area contributed by atoms with E-state index in [2.05, 4.69) is 28.5 Å².